The highest BCUT2D eigenvalue weighted by Gasteiger charge is 2.66. The van der Waals surface area contributed by atoms with Gasteiger partial charge in [0.1, 0.15) is 5.78 Å². The lowest BCUT2D eigenvalue weighted by atomic mass is 9.43. The summed E-state index contributed by atoms with van der Waals surface area (Å²) in [6.07, 6.45) is 7.51. The van der Waals surface area contributed by atoms with E-state index in [4.69, 9.17) is 4.74 Å². The molecule has 1 N–H and O–H groups in total. The number of fused-ring (bicyclic) bond motifs is 5. The number of rotatable bonds is 4. The van der Waals surface area contributed by atoms with Gasteiger partial charge in [0.2, 0.25) is 0 Å². The maximum absolute atomic E-state index is 13.9. The molecular formula is C25H38O4. The smallest absolute Gasteiger partial charge is 0.155 e. The average Bonchev–Trinajstić information content (AvgIpc) is 3.04. The fourth-order valence-corrected chi connectivity index (χ4v) is 8.21. The van der Waals surface area contributed by atoms with Crippen molar-refractivity contribution >= 4 is 11.6 Å². The molecule has 162 valence electrons. The van der Waals surface area contributed by atoms with Gasteiger partial charge >= 0.3 is 0 Å². The lowest BCUT2D eigenvalue weighted by Crippen LogP contribution is -2.60. The lowest BCUT2D eigenvalue weighted by molar-refractivity contribution is -0.169. The van der Waals surface area contributed by atoms with E-state index >= 15 is 0 Å². The van der Waals surface area contributed by atoms with Crippen LogP contribution in [0.3, 0.4) is 0 Å². The SMILES string of the molecule is CC1C(=O)[C@H]2[C@@H](CCC3=CC(=O)CC[C@@]32C)[C@@H]2CC[C@H](C(C)(C)OCCO)[C@@]12C. The van der Waals surface area contributed by atoms with E-state index < -0.39 is 0 Å². The number of ketones is 2. The molecule has 0 heterocycles. The van der Waals surface area contributed by atoms with Crippen molar-refractivity contribution in [1.82, 2.24) is 0 Å². The van der Waals surface area contributed by atoms with Crippen LogP contribution in [0.5, 0.6) is 0 Å². The van der Waals surface area contributed by atoms with Crippen LogP contribution in [0.1, 0.15) is 73.1 Å². The van der Waals surface area contributed by atoms with Crippen LogP contribution in [0.4, 0.5) is 0 Å². The first-order valence-corrected chi connectivity index (χ1v) is 11.6. The van der Waals surface area contributed by atoms with Gasteiger partial charge in [0.25, 0.3) is 0 Å². The number of aliphatic hydroxyl groups excluding tert-OH is 1. The fraction of sp³-hybridized carbons (Fsp3) is 0.840. The van der Waals surface area contributed by atoms with Crippen molar-refractivity contribution < 1.29 is 19.4 Å². The Hall–Kier alpha value is -1.00. The minimum Gasteiger partial charge on any atom is -0.394 e. The van der Waals surface area contributed by atoms with Gasteiger partial charge in [-0.1, -0.05) is 26.3 Å². The maximum atomic E-state index is 13.9. The molecule has 4 aliphatic carbocycles. The highest BCUT2D eigenvalue weighted by Crippen LogP contribution is 2.68. The maximum Gasteiger partial charge on any atom is 0.155 e. The molecule has 0 aromatic carbocycles. The standard InChI is InChI=1S/C25H38O4/c1-15-22(28)21-18(7-6-16-14-17(27)10-11-24(16,21)4)19-8-9-20(25(15,19)5)23(2,3)29-13-12-26/h14-15,18-21,26H,6-13H2,1-5H3/t15?,18-,19-,20+,21+,24-,25-/m0/s1. The molecule has 1 unspecified atom stereocenters. The molecule has 0 aromatic heterocycles. The largest absolute Gasteiger partial charge is 0.394 e. The molecule has 3 fully saturated rings. The molecule has 0 radical (unpaired) electrons. The summed E-state index contributed by atoms with van der Waals surface area (Å²) in [5, 5.41) is 9.27. The summed E-state index contributed by atoms with van der Waals surface area (Å²) < 4.78 is 6.11. The number of aliphatic hydroxyl groups is 1. The second-order valence-corrected chi connectivity index (χ2v) is 11.1. The number of carbonyl (C=O) groups is 2. The molecule has 3 saturated carbocycles. The van der Waals surface area contributed by atoms with E-state index in [1.807, 2.05) is 6.08 Å². The predicted octanol–water partition coefficient (Wildman–Crippen LogP) is 4.35. The highest BCUT2D eigenvalue weighted by molar-refractivity contribution is 5.93. The number of hydrogen-bond donors (Lipinski definition) is 1. The molecule has 4 rings (SSSR count). The van der Waals surface area contributed by atoms with Crippen molar-refractivity contribution in [1.29, 1.82) is 0 Å². The summed E-state index contributed by atoms with van der Waals surface area (Å²) in [6.45, 7) is 11.4. The van der Waals surface area contributed by atoms with Crippen LogP contribution < -0.4 is 0 Å². The van der Waals surface area contributed by atoms with Crippen molar-refractivity contribution in [3.05, 3.63) is 11.6 Å². The Morgan fingerprint density at radius 1 is 1.17 bits per heavy atom. The molecule has 4 nitrogen and oxygen atoms in total. The van der Waals surface area contributed by atoms with Crippen molar-refractivity contribution in [2.45, 2.75) is 78.7 Å². The third kappa shape index (κ3) is 2.92. The zero-order chi connectivity index (χ0) is 21.2. The van der Waals surface area contributed by atoms with E-state index in [0.717, 1.165) is 32.1 Å². The summed E-state index contributed by atoms with van der Waals surface area (Å²) in [7, 11) is 0. The van der Waals surface area contributed by atoms with Crippen LogP contribution in [0.15, 0.2) is 11.6 Å². The highest BCUT2D eigenvalue weighted by atomic mass is 16.5. The Bertz CT molecular complexity index is 737. The summed E-state index contributed by atoms with van der Waals surface area (Å²) in [4.78, 5) is 26.0. The summed E-state index contributed by atoms with van der Waals surface area (Å²) in [5.74, 6) is 1.96. The Labute approximate surface area is 175 Å². The molecule has 7 atom stereocenters. The first kappa shape index (κ1) is 21.2. The van der Waals surface area contributed by atoms with Gasteiger partial charge in [0, 0.05) is 18.3 Å². The number of ether oxygens (including phenoxy) is 1. The van der Waals surface area contributed by atoms with Crippen LogP contribution in [0, 0.1) is 40.4 Å². The van der Waals surface area contributed by atoms with E-state index in [-0.39, 0.29) is 40.7 Å². The van der Waals surface area contributed by atoms with Crippen LogP contribution >= 0.6 is 0 Å². The second kappa shape index (κ2) is 7.02. The third-order valence-electron chi connectivity index (χ3n) is 9.72. The minimum absolute atomic E-state index is 0.00736. The van der Waals surface area contributed by atoms with Gasteiger partial charge in [0.05, 0.1) is 18.8 Å². The van der Waals surface area contributed by atoms with Crippen molar-refractivity contribution in [3.63, 3.8) is 0 Å². The van der Waals surface area contributed by atoms with Crippen LogP contribution in [-0.4, -0.2) is 35.5 Å². The average molecular weight is 403 g/mol. The van der Waals surface area contributed by atoms with Crippen molar-refractivity contribution in [3.8, 4) is 0 Å². The Morgan fingerprint density at radius 2 is 1.90 bits per heavy atom. The predicted molar refractivity (Wildman–Crippen MR) is 112 cm³/mol. The van der Waals surface area contributed by atoms with Crippen molar-refractivity contribution in [2.75, 3.05) is 13.2 Å². The van der Waals surface area contributed by atoms with Gasteiger partial charge in [-0.2, -0.15) is 0 Å². The van der Waals surface area contributed by atoms with Crippen LogP contribution in [0.2, 0.25) is 0 Å². The molecule has 0 amide bonds. The third-order valence-corrected chi connectivity index (χ3v) is 9.72. The number of allylic oxidation sites excluding steroid dienone is 1. The number of Topliss-reactive ketones (excluding diaryl/α,β-unsaturated/α-hetero) is 1. The van der Waals surface area contributed by atoms with Crippen LogP contribution in [0.25, 0.3) is 0 Å². The van der Waals surface area contributed by atoms with E-state index in [2.05, 4.69) is 34.6 Å². The van der Waals surface area contributed by atoms with Gasteiger partial charge in [0.15, 0.2) is 5.78 Å². The van der Waals surface area contributed by atoms with Crippen LogP contribution in [-0.2, 0) is 14.3 Å². The summed E-state index contributed by atoms with van der Waals surface area (Å²) in [5.41, 5.74) is 0.679. The zero-order valence-electron chi connectivity index (χ0n) is 18.8. The molecule has 0 bridgehead atoms. The molecule has 29 heavy (non-hydrogen) atoms. The first-order valence-electron chi connectivity index (χ1n) is 11.6. The van der Waals surface area contributed by atoms with Gasteiger partial charge in [-0.25, -0.2) is 0 Å². The Kier molecular flexibility index (Phi) is 5.14. The number of hydrogen-bond acceptors (Lipinski definition) is 4. The second-order valence-electron chi connectivity index (χ2n) is 11.1. The Morgan fingerprint density at radius 3 is 2.59 bits per heavy atom. The van der Waals surface area contributed by atoms with Gasteiger partial charge in [-0.15, -0.1) is 0 Å². The first-order chi connectivity index (χ1) is 13.6. The van der Waals surface area contributed by atoms with Gasteiger partial charge < -0.3 is 9.84 Å². The molecule has 4 heteroatoms. The summed E-state index contributed by atoms with van der Waals surface area (Å²) >= 11 is 0. The normalized spacial score (nSPS) is 44.8. The number of carbonyl (C=O) groups excluding carboxylic acids is 2. The topological polar surface area (TPSA) is 63.6 Å². The minimum atomic E-state index is -0.353. The van der Waals surface area contributed by atoms with E-state index in [1.54, 1.807) is 0 Å². The van der Waals surface area contributed by atoms with E-state index in [0.29, 0.717) is 36.6 Å². The lowest BCUT2D eigenvalue weighted by Gasteiger charge is -2.60. The Balaban J connectivity index is 1.71. The monoisotopic (exact) mass is 402 g/mol. The van der Waals surface area contributed by atoms with Gasteiger partial charge in [-0.3, -0.25) is 9.59 Å². The molecule has 0 aromatic rings. The molecular weight excluding hydrogens is 364 g/mol. The summed E-state index contributed by atoms with van der Waals surface area (Å²) in [6, 6.07) is 0. The quantitative estimate of drug-likeness (QED) is 0.759. The van der Waals surface area contributed by atoms with Gasteiger partial charge in [-0.05, 0) is 80.6 Å². The van der Waals surface area contributed by atoms with E-state index in [1.165, 1.54) is 5.57 Å². The fourth-order valence-electron chi connectivity index (χ4n) is 8.21. The molecule has 0 saturated heterocycles. The molecule has 0 spiro atoms. The van der Waals surface area contributed by atoms with E-state index in [9.17, 15) is 14.7 Å². The van der Waals surface area contributed by atoms with Crippen molar-refractivity contribution in [2.24, 2.45) is 40.4 Å². The zero-order valence-corrected chi connectivity index (χ0v) is 18.8. The molecule has 4 aliphatic rings. The molecule has 0 aliphatic heterocycles.